The molecule has 2 atom stereocenters. The van der Waals surface area contributed by atoms with E-state index in [9.17, 15) is 14.4 Å². The summed E-state index contributed by atoms with van der Waals surface area (Å²) in [4.78, 5) is 29.7. The van der Waals surface area contributed by atoms with E-state index in [4.69, 9.17) is 19.2 Å². The number of methoxy groups -OCH3 is 1. The first kappa shape index (κ1) is 30.7. The van der Waals surface area contributed by atoms with Crippen LogP contribution in [0.3, 0.4) is 0 Å². The summed E-state index contributed by atoms with van der Waals surface area (Å²) in [6.07, 6.45) is 2.36. The number of rotatable bonds is 9. The minimum Gasteiger partial charge on any atom is -0.486 e. The molecule has 6 rings (SSSR count). The number of alkyl halides is 1. The molecule has 3 aliphatic rings. The predicted molar refractivity (Wildman–Crippen MR) is 165 cm³/mol. The molecular formula is C33H38FN7O4. The smallest absolute Gasteiger partial charge is 0.228 e. The van der Waals surface area contributed by atoms with Gasteiger partial charge in [-0.2, -0.15) is 10.2 Å². The van der Waals surface area contributed by atoms with E-state index in [1.807, 2.05) is 6.07 Å². The van der Waals surface area contributed by atoms with Gasteiger partial charge in [-0.1, -0.05) is 6.92 Å². The molecule has 45 heavy (non-hydrogen) atoms. The molecule has 3 aliphatic heterocycles. The normalized spacial score (nSPS) is 21.1. The molecule has 0 aliphatic carbocycles. The lowest BCUT2D eigenvalue weighted by Crippen LogP contribution is -2.51. The fourth-order valence-electron chi connectivity index (χ4n) is 6.21. The number of aromatic nitrogens is 3. The van der Waals surface area contributed by atoms with Crippen molar-refractivity contribution >= 4 is 17.7 Å². The van der Waals surface area contributed by atoms with Gasteiger partial charge in [-0.05, 0) is 68.2 Å². The van der Waals surface area contributed by atoms with Gasteiger partial charge in [0.15, 0.2) is 6.17 Å². The van der Waals surface area contributed by atoms with Crippen LogP contribution in [0.4, 0.5) is 16.2 Å². The predicted octanol–water partition coefficient (Wildman–Crippen LogP) is 4.47. The Kier molecular flexibility index (Phi) is 9.37. The highest BCUT2D eigenvalue weighted by Crippen LogP contribution is 2.35. The van der Waals surface area contributed by atoms with Gasteiger partial charge < -0.3 is 24.4 Å². The van der Waals surface area contributed by atoms with E-state index in [0.717, 1.165) is 44.7 Å². The topological polar surface area (TPSA) is 126 Å². The molecule has 1 aromatic carbocycles. The maximum absolute atomic E-state index is 14.9. The van der Waals surface area contributed by atoms with Crippen LogP contribution in [0.5, 0.6) is 11.6 Å². The lowest BCUT2D eigenvalue weighted by molar-refractivity contribution is -0.134. The monoisotopic (exact) mass is 615 g/mol. The van der Waals surface area contributed by atoms with Crippen LogP contribution >= 0.6 is 0 Å². The summed E-state index contributed by atoms with van der Waals surface area (Å²) in [6, 6.07) is 13.6. The van der Waals surface area contributed by atoms with Crippen LogP contribution in [0.2, 0.25) is 0 Å². The maximum Gasteiger partial charge on any atom is 0.228 e. The third kappa shape index (κ3) is 6.84. The second-order valence-electron chi connectivity index (χ2n) is 11.7. The molecule has 2 unspecified atom stereocenters. The second kappa shape index (κ2) is 13.7. The molecule has 1 N–H and O–H groups in total. The van der Waals surface area contributed by atoms with E-state index in [0.29, 0.717) is 66.0 Å². The summed E-state index contributed by atoms with van der Waals surface area (Å²) in [5, 5.41) is 13.0. The second-order valence-corrected chi connectivity index (χ2v) is 11.7. The van der Waals surface area contributed by atoms with E-state index in [1.54, 1.807) is 44.5 Å². The first-order valence-electron chi connectivity index (χ1n) is 15.6. The van der Waals surface area contributed by atoms with Crippen molar-refractivity contribution in [2.75, 3.05) is 51.8 Å². The van der Waals surface area contributed by atoms with Gasteiger partial charge in [0.25, 0.3) is 0 Å². The third-order valence-corrected chi connectivity index (χ3v) is 8.90. The quantitative estimate of drug-likeness (QED) is 0.369. The van der Waals surface area contributed by atoms with Crippen molar-refractivity contribution < 1.29 is 23.4 Å². The van der Waals surface area contributed by atoms with E-state index in [2.05, 4.69) is 32.3 Å². The Morgan fingerprint density at radius 3 is 2.64 bits per heavy atom. The lowest BCUT2D eigenvalue weighted by Gasteiger charge is -2.41. The number of piperidine rings is 2. The standard InChI is InChI=1S/C33H38FN7O4/c1-3-31(42)41-15-11-29(26(34)18-41)45-28-6-4-22(16-23(28)17-35)27-8-12-36-33(37-27)39-30-7-5-25(32(38-30)43-2)21-9-13-40(14-10-21)24-19-44-20-24/h4-8,12,16,21,24,26,29H,3,9-11,13-15,18-20H2,1-2H3,(H,36,37,38,39). The molecule has 2 aromatic heterocycles. The lowest BCUT2D eigenvalue weighted by atomic mass is 9.89. The fraction of sp³-hybridized carbons (Fsp3) is 0.485. The molecule has 3 saturated heterocycles. The van der Waals surface area contributed by atoms with Crippen molar-refractivity contribution in [1.29, 1.82) is 5.26 Å². The molecule has 0 radical (unpaired) electrons. The highest BCUT2D eigenvalue weighted by atomic mass is 19.1. The number of amides is 1. The van der Waals surface area contributed by atoms with Crippen LogP contribution in [0.15, 0.2) is 42.6 Å². The Balaban J connectivity index is 1.12. The molecule has 12 heteroatoms. The van der Waals surface area contributed by atoms with Crippen molar-refractivity contribution in [3.63, 3.8) is 0 Å². The highest BCUT2D eigenvalue weighted by Gasteiger charge is 2.33. The minimum absolute atomic E-state index is 0.00658. The van der Waals surface area contributed by atoms with E-state index >= 15 is 0 Å². The molecule has 236 valence electrons. The number of carbonyl (C=O) groups is 1. The van der Waals surface area contributed by atoms with Crippen LogP contribution in [0.25, 0.3) is 11.3 Å². The number of pyridine rings is 1. The number of anilines is 2. The Hall–Kier alpha value is -4.34. The molecule has 11 nitrogen and oxygen atoms in total. The summed E-state index contributed by atoms with van der Waals surface area (Å²) in [5.74, 6) is 2.11. The van der Waals surface area contributed by atoms with Gasteiger partial charge in [-0.15, -0.1) is 0 Å². The zero-order chi connectivity index (χ0) is 31.3. The molecule has 3 aromatic rings. The third-order valence-electron chi connectivity index (χ3n) is 8.90. The van der Waals surface area contributed by atoms with Crippen molar-refractivity contribution in [2.24, 2.45) is 0 Å². The fourth-order valence-corrected chi connectivity index (χ4v) is 6.21. The van der Waals surface area contributed by atoms with Gasteiger partial charge in [0.1, 0.15) is 23.7 Å². The van der Waals surface area contributed by atoms with Gasteiger partial charge in [0.05, 0.1) is 44.2 Å². The van der Waals surface area contributed by atoms with Crippen LogP contribution in [-0.4, -0.2) is 95.5 Å². The zero-order valence-electron chi connectivity index (χ0n) is 25.6. The van der Waals surface area contributed by atoms with E-state index < -0.39 is 12.3 Å². The van der Waals surface area contributed by atoms with Crippen molar-refractivity contribution in [2.45, 2.75) is 56.8 Å². The Bertz CT molecular complexity index is 1550. The number of ether oxygens (including phenoxy) is 3. The summed E-state index contributed by atoms with van der Waals surface area (Å²) >= 11 is 0. The number of nitrogens with one attached hydrogen (secondary N) is 1. The molecule has 0 saturated carbocycles. The summed E-state index contributed by atoms with van der Waals surface area (Å²) in [5.41, 5.74) is 2.66. The number of likely N-dealkylation sites (tertiary alicyclic amines) is 2. The van der Waals surface area contributed by atoms with Crippen LogP contribution in [0, 0.1) is 11.3 Å². The number of halogens is 1. The number of carbonyl (C=O) groups excluding carboxylic acids is 1. The maximum atomic E-state index is 14.9. The summed E-state index contributed by atoms with van der Waals surface area (Å²) < 4.78 is 31.8. The molecule has 0 spiro atoms. The van der Waals surface area contributed by atoms with Crippen LogP contribution in [-0.2, 0) is 9.53 Å². The Labute approximate surface area is 262 Å². The highest BCUT2D eigenvalue weighted by molar-refractivity contribution is 5.76. The van der Waals surface area contributed by atoms with Gasteiger partial charge in [0, 0.05) is 36.7 Å². The van der Waals surface area contributed by atoms with Gasteiger partial charge in [0.2, 0.25) is 17.7 Å². The zero-order valence-corrected chi connectivity index (χ0v) is 25.6. The molecule has 0 bridgehead atoms. The average molecular weight is 616 g/mol. The molecule has 1 amide bonds. The van der Waals surface area contributed by atoms with E-state index in [-0.39, 0.29) is 18.0 Å². The van der Waals surface area contributed by atoms with Crippen molar-refractivity contribution in [3.8, 4) is 29.0 Å². The van der Waals surface area contributed by atoms with E-state index in [1.165, 1.54) is 4.90 Å². The summed E-state index contributed by atoms with van der Waals surface area (Å²) in [6.45, 7) is 5.94. The van der Waals surface area contributed by atoms with Crippen molar-refractivity contribution in [1.82, 2.24) is 24.8 Å². The number of hydrogen-bond donors (Lipinski definition) is 1. The summed E-state index contributed by atoms with van der Waals surface area (Å²) in [7, 11) is 1.64. The first-order valence-corrected chi connectivity index (χ1v) is 15.6. The number of nitrogens with zero attached hydrogens (tertiary/aromatic N) is 6. The van der Waals surface area contributed by atoms with Gasteiger partial charge in [-0.3, -0.25) is 9.69 Å². The number of nitriles is 1. The number of hydrogen-bond acceptors (Lipinski definition) is 10. The largest absolute Gasteiger partial charge is 0.486 e. The van der Waals surface area contributed by atoms with Crippen molar-refractivity contribution in [3.05, 3.63) is 53.7 Å². The molecule has 3 fully saturated rings. The minimum atomic E-state index is -1.34. The average Bonchev–Trinajstić information content (AvgIpc) is 3.05. The first-order chi connectivity index (χ1) is 21.9. The van der Waals surface area contributed by atoms with Crippen LogP contribution < -0.4 is 14.8 Å². The van der Waals surface area contributed by atoms with Crippen LogP contribution in [0.1, 0.15) is 49.7 Å². The molecule has 5 heterocycles. The Morgan fingerprint density at radius 2 is 1.96 bits per heavy atom. The number of benzene rings is 1. The molecular weight excluding hydrogens is 577 g/mol. The van der Waals surface area contributed by atoms with Gasteiger partial charge in [-0.25, -0.2) is 14.4 Å². The Morgan fingerprint density at radius 1 is 1.13 bits per heavy atom. The SMILES string of the molecule is CCC(=O)N1CCC(Oc2ccc(-c3ccnc(Nc4ccc(C5CCN(C6COC6)CC5)c(OC)n4)n3)cc2C#N)C(F)C1. The van der Waals surface area contributed by atoms with Gasteiger partial charge >= 0.3 is 0 Å².